The number of carbonyl (C=O) groups excluding carboxylic acids is 1. The van der Waals surface area contributed by atoms with E-state index in [1.165, 1.54) is 32.1 Å². The summed E-state index contributed by atoms with van der Waals surface area (Å²) in [5.74, 6) is 0.0547. The van der Waals surface area contributed by atoms with E-state index < -0.39 is 0 Å². The van der Waals surface area contributed by atoms with Gasteiger partial charge in [-0.1, -0.05) is 30.9 Å². The predicted octanol–water partition coefficient (Wildman–Crippen LogP) is 4.82. The van der Waals surface area contributed by atoms with Crippen LogP contribution in [0.2, 0.25) is 5.02 Å². The fourth-order valence-corrected chi connectivity index (χ4v) is 5.26. The van der Waals surface area contributed by atoms with Crippen LogP contribution in [0.4, 0.5) is 5.69 Å². The van der Waals surface area contributed by atoms with Crippen LogP contribution in [0, 0.1) is 0 Å². The Labute approximate surface area is 185 Å². The van der Waals surface area contributed by atoms with Crippen LogP contribution < -0.4 is 4.90 Å². The summed E-state index contributed by atoms with van der Waals surface area (Å²) in [4.78, 5) is 24.8. The number of pyridine rings is 1. The third-order valence-corrected chi connectivity index (χ3v) is 7.04. The Hall–Kier alpha value is -1.85. The van der Waals surface area contributed by atoms with Crippen molar-refractivity contribution in [2.75, 3.05) is 44.2 Å². The summed E-state index contributed by atoms with van der Waals surface area (Å²) < 4.78 is 0. The van der Waals surface area contributed by atoms with E-state index in [2.05, 4.69) is 14.8 Å². The molecule has 162 valence electrons. The molecule has 4 rings (SSSR count). The van der Waals surface area contributed by atoms with Crippen molar-refractivity contribution < 1.29 is 4.79 Å². The summed E-state index contributed by atoms with van der Waals surface area (Å²) in [6.07, 6.45) is 8.54. The lowest BCUT2D eigenvalue weighted by molar-refractivity contribution is 0.0773. The number of hydrogen-bond acceptors (Lipinski definition) is 4. The maximum Gasteiger partial charge on any atom is 0.257 e. The monoisotopic (exact) mass is 428 g/mol. The maximum absolute atomic E-state index is 13.3. The molecule has 1 aliphatic heterocycles. The number of carbonyl (C=O) groups is 1. The SMILES string of the molecule is CCN(CC)C(=O)c1cnc2ccc(Cl)cc2c1N1CCN(C2CCCCC2)CC1. The van der Waals surface area contributed by atoms with Gasteiger partial charge in [0.25, 0.3) is 5.91 Å². The van der Waals surface area contributed by atoms with E-state index in [0.717, 1.165) is 48.8 Å². The van der Waals surface area contributed by atoms with E-state index in [1.54, 1.807) is 6.20 Å². The highest BCUT2D eigenvalue weighted by molar-refractivity contribution is 6.31. The molecular weight excluding hydrogens is 396 g/mol. The zero-order valence-corrected chi connectivity index (χ0v) is 19.0. The molecule has 1 aromatic carbocycles. The van der Waals surface area contributed by atoms with Gasteiger partial charge in [0, 0.05) is 61.9 Å². The molecule has 0 bridgehead atoms. The average molecular weight is 429 g/mol. The van der Waals surface area contributed by atoms with E-state index in [9.17, 15) is 4.79 Å². The smallest absolute Gasteiger partial charge is 0.257 e. The number of anilines is 1. The molecular formula is C24H33ClN4O. The number of rotatable bonds is 5. The summed E-state index contributed by atoms with van der Waals surface area (Å²) in [5, 5.41) is 1.66. The van der Waals surface area contributed by atoms with E-state index >= 15 is 0 Å². The third-order valence-electron chi connectivity index (χ3n) is 6.80. The summed E-state index contributed by atoms with van der Waals surface area (Å²) >= 11 is 6.35. The number of nitrogens with zero attached hydrogens (tertiary/aromatic N) is 4. The molecule has 2 heterocycles. The standard InChI is InChI=1S/C24H33ClN4O/c1-3-27(4-2)24(30)21-17-26-22-11-10-18(25)16-20(22)23(21)29-14-12-28(13-15-29)19-8-6-5-7-9-19/h10-11,16-17,19H,3-9,12-15H2,1-2H3. The van der Waals surface area contributed by atoms with E-state index in [0.29, 0.717) is 23.7 Å². The lowest BCUT2D eigenvalue weighted by Gasteiger charge is -2.42. The van der Waals surface area contributed by atoms with Crippen LogP contribution >= 0.6 is 11.6 Å². The molecule has 1 saturated carbocycles. The van der Waals surface area contributed by atoms with Crippen LogP contribution in [0.3, 0.4) is 0 Å². The van der Waals surface area contributed by atoms with Gasteiger partial charge in [-0.15, -0.1) is 0 Å². The highest BCUT2D eigenvalue weighted by Gasteiger charge is 2.29. The fourth-order valence-electron chi connectivity index (χ4n) is 5.09. The Kier molecular flexibility index (Phi) is 6.79. The van der Waals surface area contributed by atoms with Crippen molar-refractivity contribution in [1.82, 2.24) is 14.8 Å². The molecule has 0 spiro atoms. The van der Waals surface area contributed by atoms with E-state index in [1.807, 2.05) is 36.9 Å². The second-order valence-corrected chi connectivity index (χ2v) is 8.91. The van der Waals surface area contributed by atoms with E-state index in [-0.39, 0.29) is 5.91 Å². The lowest BCUT2D eigenvalue weighted by atomic mass is 9.93. The Morgan fingerprint density at radius 3 is 2.47 bits per heavy atom. The van der Waals surface area contributed by atoms with E-state index in [4.69, 9.17) is 11.6 Å². The number of piperazine rings is 1. The minimum absolute atomic E-state index is 0.0547. The Balaban J connectivity index is 1.66. The number of amides is 1. The van der Waals surface area contributed by atoms with Gasteiger partial charge in [0.2, 0.25) is 0 Å². The largest absolute Gasteiger partial charge is 0.368 e. The molecule has 2 fully saturated rings. The Morgan fingerprint density at radius 1 is 1.10 bits per heavy atom. The summed E-state index contributed by atoms with van der Waals surface area (Å²) in [7, 11) is 0. The molecule has 2 aromatic rings. The molecule has 1 amide bonds. The quantitative estimate of drug-likeness (QED) is 0.684. The third kappa shape index (κ3) is 4.28. The molecule has 1 aliphatic carbocycles. The van der Waals surface area contributed by atoms with Gasteiger partial charge in [0.1, 0.15) is 0 Å². The fraction of sp³-hybridized carbons (Fsp3) is 0.583. The van der Waals surface area contributed by atoms with Crippen molar-refractivity contribution in [3.8, 4) is 0 Å². The molecule has 0 radical (unpaired) electrons. The zero-order chi connectivity index (χ0) is 21.1. The van der Waals surface area contributed by atoms with Crippen LogP contribution in [-0.2, 0) is 0 Å². The van der Waals surface area contributed by atoms with Crippen LogP contribution in [0.25, 0.3) is 10.9 Å². The van der Waals surface area contributed by atoms with Gasteiger partial charge in [0.15, 0.2) is 0 Å². The average Bonchev–Trinajstić information content (AvgIpc) is 2.79. The minimum atomic E-state index is 0.0547. The molecule has 5 nitrogen and oxygen atoms in total. The first-order valence-corrected chi connectivity index (χ1v) is 11.9. The second-order valence-electron chi connectivity index (χ2n) is 8.47. The van der Waals surface area contributed by atoms with Crippen molar-refractivity contribution in [2.24, 2.45) is 0 Å². The van der Waals surface area contributed by atoms with Gasteiger partial charge < -0.3 is 9.80 Å². The van der Waals surface area contributed by atoms with Gasteiger partial charge >= 0.3 is 0 Å². The van der Waals surface area contributed by atoms with Crippen molar-refractivity contribution in [3.05, 3.63) is 35.0 Å². The molecule has 6 heteroatoms. The number of hydrogen-bond donors (Lipinski definition) is 0. The number of aromatic nitrogens is 1. The molecule has 30 heavy (non-hydrogen) atoms. The van der Waals surface area contributed by atoms with Crippen molar-refractivity contribution in [2.45, 2.75) is 52.0 Å². The van der Waals surface area contributed by atoms with Crippen LogP contribution in [0.15, 0.2) is 24.4 Å². The first kappa shape index (κ1) is 21.4. The first-order valence-electron chi connectivity index (χ1n) is 11.5. The molecule has 1 saturated heterocycles. The van der Waals surface area contributed by atoms with Crippen molar-refractivity contribution in [3.63, 3.8) is 0 Å². The first-order chi connectivity index (χ1) is 14.6. The van der Waals surface area contributed by atoms with Crippen molar-refractivity contribution in [1.29, 1.82) is 0 Å². The van der Waals surface area contributed by atoms with Crippen LogP contribution in [0.1, 0.15) is 56.3 Å². The Bertz CT molecular complexity index is 884. The Morgan fingerprint density at radius 2 is 1.80 bits per heavy atom. The maximum atomic E-state index is 13.3. The van der Waals surface area contributed by atoms with Gasteiger partial charge in [-0.2, -0.15) is 0 Å². The summed E-state index contributed by atoms with van der Waals surface area (Å²) in [6, 6.07) is 6.52. The second kappa shape index (κ2) is 9.52. The van der Waals surface area contributed by atoms with Crippen molar-refractivity contribution >= 4 is 34.1 Å². The van der Waals surface area contributed by atoms with Gasteiger partial charge in [0.05, 0.1) is 16.8 Å². The van der Waals surface area contributed by atoms with Crippen LogP contribution in [-0.4, -0.2) is 66.0 Å². The topological polar surface area (TPSA) is 39.7 Å². The normalized spacial score (nSPS) is 18.7. The molecule has 2 aliphatic rings. The molecule has 1 aromatic heterocycles. The van der Waals surface area contributed by atoms with Gasteiger partial charge in [-0.3, -0.25) is 14.7 Å². The van der Waals surface area contributed by atoms with Crippen LogP contribution in [0.5, 0.6) is 0 Å². The van der Waals surface area contributed by atoms with Gasteiger partial charge in [-0.05, 0) is 44.9 Å². The number of benzene rings is 1. The molecule has 0 unspecified atom stereocenters. The zero-order valence-electron chi connectivity index (χ0n) is 18.2. The highest BCUT2D eigenvalue weighted by atomic mass is 35.5. The lowest BCUT2D eigenvalue weighted by Crippen LogP contribution is -2.51. The predicted molar refractivity (Wildman–Crippen MR) is 125 cm³/mol. The highest BCUT2D eigenvalue weighted by Crippen LogP contribution is 2.34. The summed E-state index contributed by atoms with van der Waals surface area (Å²) in [5.41, 5.74) is 2.59. The number of fused-ring (bicyclic) bond motifs is 1. The number of halogens is 1. The minimum Gasteiger partial charge on any atom is -0.368 e. The summed E-state index contributed by atoms with van der Waals surface area (Å²) in [6.45, 7) is 9.39. The van der Waals surface area contributed by atoms with Gasteiger partial charge in [-0.25, -0.2) is 0 Å². The molecule has 0 N–H and O–H groups in total. The molecule has 0 atom stereocenters.